The second-order valence-corrected chi connectivity index (χ2v) is 10.7. The summed E-state index contributed by atoms with van der Waals surface area (Å²) in [5, 5.41) is 2.08. The van der Waals surface area contributed by atoms with Gasteiger partial charge in [-0.05, 0) is 80.0 Å². The van der Waals surface area contributed by atoms with Crippen molar-refractivity contribution in [1.82, 2.24) is 10.0 Å². The Morgan fingerprint density at radius 1 is 1.00 bits per heavy atom. The predicted molar refractivity (Wildman–Crippen MR) is 132 cm³/mol. The minimum Gasteiger partial charge on any atom is -0.292 e. The lowest BCUT2D eigenvalue weighted by atomic mass is 9.81. The Morgan fingerprint density at radius 3 is 2.17 bits per heavy atom. The lowest BCUT2D eigenvalue weighted by Gasteiger charge is -2.37. The zero-order chi connectivity index (χ0) is 25.7. The van der Waals surface area contributed by atoms with Gasteiger partial charge in [-0.1, -0.05) is 23.2 Å². The topological polar surface area (TPSA) is 74.8 Å². The van der Waals surface area contributed by atoms with E-state index in [4.69, 9.17) is 34.8 Å². The van der Waals surface area contributed by atoms with Crippen LogP contribution in [0.3, 0.4) is 0 Å². The molecule has 2 saturated carbocycles. The maximum absolute atomic E-state index is 14.0. The van der Waals surface area contributed by atoms with Crippen molar-refractivity contribution in [3.05, 3.63) is 69.5 Å². The molecule has 6 nitrogen and oxygen atoms in total. The molecule has 1 heterocycles. The molecule has 3 fully saturated rings. The van der Waals surface area contributed by atoms with E-state index in [0.29, 0.717) is 5.02 Å². The first-order valence-electron chi connectivity index (χ1n) is 11.7. The zero-order valence-corrected chi connectivity index (χ0v) is 21.3. The fourth-order valence-electron chi connectivity index (χ4n) is 6.04. The Morgan fingerprint density at radius 2 is 1.61 bits per heavy atom. The molecule has 10 heteroatoms. The van der Waals surface area contributed by atoms with E-state index in [1.807, 2.05) is 0 Å². The van der Waals surface area contributed by atoms with Crippen molar-refractivity contribution in [2.45, 2.75) is 31.7 Å². The van der Waals surface area contributed by atoms with Gasteiger partial charge in [-0.25, -0.2) is 9.40 Å². The van der Waals surface area contributed by atoms with Crippen molar-refractivity contribution in [2.75, 3.05) is 5.88 Å². The van der Waals surface area contributed by atoms with Crippen molar-refractivity contribution in [2.24, 2.45) is 23.7 Å². The van der Waals surface area contributed by atoms with Gasteiger partial charge < -0.3 is 0 Å². The minimum atomic E-state index is -1.29. The summed E-state index contributed by atoms with van der Waals surface area (Å²) in [6.07, 6.45) is 2.48. The molecule has 2 aliphatic carbocycles. The number of halogens is 4. The van der Waals surface area contributed by atoms with Gasteiger partial charge in [-0.15, -0.1) is 11.6 Å². The van der Waals surface area contributed by atoms with Crippen LogP contribution in [0.5, 0.6) is 0 Å². The summed E-state index contributed by atoms with van der Waals surface area (Å²) in [6, 6.07) is 7.75. The molecule has 0 N–H and O–H groups in total. The molecule has 3 aliphatic rings. The van der Waals surface area contributed by atoms with Crippen molar-refractivity contribution < 1.29 is 23.6 Å². The van der Waals surface area contributed by atoms with Gasteiger partial charge in [0.15, 0.2) is 5.78 Å². The number of nitrogens with zero attached hydrogens (tertiary/aromatic N) is 2. The third kappa shape index (κ3) is 4.11. The molecule has 188 valence electrons. The van der Waals surface area contributed by atoms with Crippen LogP contribution in [-0.2, 0) is 9.59 Å². The smallest absolute Gasteiger partial charge is 0.275 e. The number of ketones is 1. The van der Waals surface area contributed by atoms with Crippen LogP contribution < -0.4 is 0 Å². The van der Waals surface area contributed by atoms with Crippen LogP contribution in [0.4, 0.5) is 4.39 Å². The first-order chi connectivity index (χ1) is 17.2. The Balaban J connectivity index is 1.61. The summed E-state index contributed by atoms with van der Waals surface area (Å²) < 4.78 is 13.5. The van der Waals surface area contributed by atoms with E-state index in [1.54, 1.807) is 0 Å². The Hall–Kier alpha value is -2.48. The molecule has 36 heavy (non-hydrogen) atoms. The summed E-state index contributed by atoms with van der Waals surface area (Å²) in [5.74, 6) is -3.77. The molecule has 0 spiro atoms. The van der Waals surface area contributed by atoms with Crippen LogP contribution in [0, 0.1) is 29.5 Å². The van der Waals surface area contributed by atoms with Gasteiger partial charge in [-0.3, -0.25) is 19.2 Å². The summed E-state index contributed by atoms with van der Waals surface area (Å²) in [7, 11) is 0. The number of amides is 3. The molecular formula is C26H22Cl3FN2O4. The average molecular weight is 552 g/mol. The van der Waals surface area contributed by atoms with Crippen LogP contribution in [0.1, 0.15) is 46.4 Å². The van der Waals surface area contributed by atoms with E-state index in [1.165, 1.54) is 30.3 Å². The molecule has 3 amide bonds. The number of carbonyl (C=O) groups excluding carboxylic acids is 4. The molecule has 0 unspecified atom stereocenters. The number of hydrazine groups is 1. The van der Waals surface area contributed by atoms with Gasteiger partial charge >= 0.3 is 0 Å². The van der Waals surface area contributed by atoms with Crippen molar-refractivity contribution in [1.29, 1.82) is 0 Å². The fourth-order valence-corrected chi connectivity index (χ4v) is 6.73. The monoisotopic (exact) mass is 550 g/mol. The molecule has 2 bridgehead atoms. The SMILES string of the molecule is O=C(c1ccc(F)cc1)[C@H](CCCl)N(C(=O)c1ccc(Cl)cc1Cl)N1C(=O)[C@@H]2[C@H]3CC[C@@H](C3)[C@@H]2C1=O. The number of rotatable bonds is 7. The van der Waals surface area contributed by atoms with E-state index in [9.17, 15) is 23.6 Å². The van der Waals surface area contributed by atoms with E-state index in [2.05, 4.69) is 0 Å². The van der Waals surface area contributed by atoms with Gasteiger partial charge in [0, 0.05) is 16.5 Å². The standard InChI is InChI=1S/C26H22Cl3FN2O4/c27-10-9-20(23(33)13-3-6-17(30)7-4-13)31(24(34)18-8-5-16(28)12-19(18)29)32-25(35)21-14-1-2-15(11-14)22(21)26(32)36/h3-8,12,14-15,20-22H,1-2,9-11H2/t14-,15-,20-,21-,22+/m0/s1. The van der Waals surface area contributed by atoms with E-state index in [0.717, 1.165) is 41.4 Å². The summed E-state index contributed by atoms with van der Waals surface area (Å²) in [6.45, 7) is 0. The predicted octanol–water partition coefficient (Wildman–Crippen LogP) is 5.40. The number of fused-ring (bicyclic) bond motifs is 5. The van der Waals surface area contributed by atoms with E-state index < -0.39 is 47.2 Å². The minimum absolute atomic E-state index is 0.00992. The van der Waals surface area contributed by atoms with Crippen LogP contribution in [0.2, 0.25) is 10.0 Å². The number of alkyl halides is 1. The highest BCUT2D eigenvalue weighted by Gasteiger charge is 2.63. The second kappa shape index (κ2) is 9.77. The Labute approximate surface area is 222 Å². The Kier molecular flexibility index (Phi) is 6.83. The number of hydrogen-bond acceptors (Lipinski definition) is 4. The number of hydrogen-bond donors (Lipinski definition) is 0. The van der Waals surface area contributed by atoms with Gasteiger partial charge in [-0.2, -0.15) is 5.01 Å². The molecule has 5 rings (SSSR count). The molecular weight excluding hydrogens is 530 g/mol. The second-order valence-electron chi connectivity index (χ2n) is 9.51. The quantitative estimate of drug-likeness (QED) is 0.262. The molecule has 0 aromatic heterocycles. The fraction of sp³-hybridized carbons (Fsp3) is 0.385. The third-order valence-corrected chi connectivity index (χ3v) is 8.36. The first kappa shape index (κ1) is 25.2. The number of Topliss-reactive ketones (excluding diaryl/α,β-unsaturated/α-hetero) is 1. The van der Waals surface area contributed by atoms with Gasteiger partial charge in [0.05, 0.1) is 22.4 Å². The largest absolute Gasteiger partial charge is 0.292 e. The summed E-state index contributed by atoms with van der Waals surface area (Å²) >= 11 is 18.4. The van der Waals surface area contributed by atoms with Crippen LogP contribution in [0.25, 0.3) is 0 Å². The van der Waals surface area contributed by atoms with Crippen molar-refractivity contribution >= 4 is 58.3 Å². The van der Waals surface area contributed by atoms with Crippen molar-refractivity contribution in [3.8, 4) is 0 Å². The average Bonchev–Trinajstić information content (AvgIpc) is 3.53. The van der Waals surface area contributed by atoms with Gasteiger partial charge in [0.25, 0.3) is 17.7 Å². The highest BCUT2D eigenvalue weighted by Crippen LogP contribution is 2.56. The van der Waals surface area contributed by atoms with Crippen LogP contribution >= 0.6 is 34.8 Å². The lowest BCUT2D eigenvalue weighted by Crippen LogP contribution is -2.58. The summed E-state index contributed by atoms with van der Waals surface area (Å²) in [5.41, 5.74) is 0.0963. The molecule has 1 saturated heterocycles. The molecule has 1 aliphatic heterocycles. The summed E-state index contributed by atoms with van der Waals surface area (Å²) in [4.78, 5) is 55.0. The van der Waals surface area contributed by atoms with Crippen LogP contribution in [0.15, 0.2) is 42.5 Å². The number of imide groups is 1. The van der Waals surface area contributed by atoms with Crippen molar-refractivity contribution in [3.63, 3.8) is 0 Å². The zero-order valence-electron chi connectivity index (χ0n) is 19.0. The first-order valence-corrected chi connectivity index (χ1v) is 13.0. The van der Waals surface area contributed by atoms with Crippen LogP contribution in [-0.4, -0.2) is 45.4 Å². The maximum atomic E-state index is 14.0. The highest BCUT2D eigenvalue weighted by atomic mass is 35.5. The number of carbonyl (C=O) groups is 4. The number of benzene rings is 2. The van der Waals surface area contributed by atoms with Gasteiger partial charge in [0.1, 0.15) is 11.9 Å². The highest BCUT2D eigenvalue weighted by molar-refractivity contribution is 6.36. The maximum Gasteiger partial charge on any atom is 0.275 e. The Bertz CT molecular complexity index is 1230. The van der Waals surface area contributed by atoms with E-state index >= 15 is 0 Å². The molecule has 2 aromatic carbocycles. The third-order valence-electron chi connectivity index (χ3n) is 7.60. The molecule has 2 aromatic rings. The molecule has 5 atom stereocenters. The van der Waals surface area contributed by atoms with Gasteiger partial charge in [0.2, 0.25) is 0 Å². The molecule has 0 radical (unpaired) electrons. The lowest BCUT2D eigenvalue weighted by molar-refractivity contribution is -0.157. The van der Waals surface area contributed by atoms with E-state index in [-0.39, 0.29) is 40.3 Å². The normalized spacial score (nSPS) is 25.3.